The minimum atomic E-state index is -0.671. The fourth-order valence-electron chi connectivity index (χ4n) is 4.66. The van der Waals surface area contributed by atoms with Gasteiger partial charge in [0.25, 0.3) is 11.7 Å². The van der Waals surface area contributed by atoms with Crippen molar-refractivity contribution in [2.24, 2.45) is 5.92 Å². The Hall–Kier alpha value is -3.23. The van der Waals surface area contributed by atoms with Gasteiger partial charge in [-0.3, -0.25) is 19.5 Å². The average molecular weight is 494 g/mol. The Morgan fingerprint density at radius 2 is 1.86 bits per heavy atom. The third-order valence-corrected chi connectivity index (χ3v) is 6.56. The normalized spacial score (nSPS) is 20.3. The summed E-state index contributed by atoms with van der Waals surface area (Å²) in [7, 11) is 0. The molecule has 0 bridgehead atoms. The molecule has 1 unspecified atom stereocenters. The molecule has 36 heavy (non-hydrogen) atoms. The minimum absolute atomic E-state index is 0.104. The highest BCUT2D eigenvalue weighted by Gasteiger charge is 2.45. The standard InChI is InChI=1S/C28H35N3O5/c1-19(2)18-36-23-6-5-22(17-20(23)3)26(32)24-25(21-7-9-29-10-8-21)31(28(34)27(24)33)12-4-11-30-13-15-35-16-14-30/h5-10,17,19,25,32H,4,11-16,18H2,1-3H3/b26-24+. The fourth-order valence-corrected chi connectivity index (χ4v) is 4.66. The predicted molar refractivity (Wildman–Crippen MR) is 137 cm³/mol. The van der Waals surface area contributed by atoms with Gasteiger partial charge in [0.15, 0.2) is 0 Å². The molecule has 8 heteroatoms. The van der Waals surface area contributed by atoms with E-state index < -0.39 is 17.7 Å². The SMILES string of the molecule is Cc1cc(/C(O)=C2\C(=O)C(=O)N(CCCN3CCOCC3)C2c2ccncc2)ccc1OCC(C)C. The molecule has 1 atom stereocenters. The number of carbonyl (C=O) groups excluding carboxylic acids is 2. The van der Waals surface area contributed by atoms with Gasteiger partial charge in [-0.15, -0.1) is 0 Å². The summed E-state index contributed by atoms with van der Waals surface area (Å²) in [5.41, 5.74) is 2.17. The number of pyridine rings is 1. The summed E-state index contributed by atoms with van der Waals surface area (Å²) in [5, 5.41) is 11.3. The molecule has 0 spiro atoms. The van der Waals surface area contributed by atoms with Crippen LogP contribution in [0.5, 0.6) is 5.75 Å². The maximum atomic E-state index is 13.2. The Morgan fingerprint density at radius 1 is 1.14 bits per heavy atom. The lowest BCUT2D eigenvalue weighted by molar-refractivity contribution is -0.140. The summed E-state index contributed by atoms with van der Waals surface area (Å²) in [6.07, 6.45) is 3.98. The van der Waals surface area contributed by atoms with E-state index in [4.69, 9.17) is 9.47 Å². The molecule has 8 nitrogen and oxygen atoms in total. The van der Waals surface area contributed by atoms with Gasteiger partial charge >= 0.3 is 0 Å². The first-order valence-corrected chi connectivity index (χ1v) is 12.6. The smallest absolute Gasteiger partial charge is 0.295 e. The molecule has 4 rings (SSSR count). The van der Waals surface area contributed by atoms with Gasteiger partial charge in [0.1, 0.15) is 11.5 Å². The van der Waals surface area contributed by atoms with Crippen LogP contribution >= 0.6 is 0 Å². The topological polar surface area (TPSA) is 92.2 Å². The van der Waals surface area contributed by atoms with Gasteiger partial charge in [0, 0.05) is 44.1 Å². The molecule has 0 saturated carbocycles. The number of carbonyl (C=O) groups is 2. The van der Waals surface area contributed by atoms with Crippen LogP contribution in [-0.4, -0.2) is 77.6 Å². The second-order valence-corrected chi connectivity index (χ2v) is 9.77. The van der Waals surface area contributed by atoms with Crippen molar-refractivity contribution in [1.29, 1.82) is 0 Å². The van der Waals surface area contributed by atoms with Gasteiger partial charge in [0.2, 0.25) is 0 Å². The van der Waals surface area contributed by atoms with Gasteiger partial charge < -0.3 is 19.5 Å². The summed E-state index contributed by atoms with van der Waals surface area (Å²) in [4.78, 5) is 34.3. The number of likely N-dealkylation sites (tertiary alicyclic amines) is 1. The number of Topliss-reactive ketones (excluding diaryl/α,β-unsaturated/α-hetero) is 1. The summed E-state index contributed by atoms with van der Waals surface area (Å²) in [6, 6.07) is 8.22. The van der Waals surface area contributed by atoms with E-state index in [0.29, 0.717) is 37.8 Å². The van der Waals surface area contributed by atoms with Crippen LogP contribution in [0.2, 0.25) is 0 Å². The van der Waals surface area contributed by atoms with Crippen LogP contribution in [0, 0.1) is 12.8 Å². The molecule has 0 aliphatic carbocycles. The Kier molecular flexibility index (Phi) is 8.38. The lowest BCUT2D eigenvalue weighted by Gasteiger charge is -2.29. The Morgan fingerprint density at radius 3 is 2.53 bits per heavy atom. The number of aryl methyl sites for hydroxylation is 1. The van der Waals surface area contributed by atoms with E-state index in [1.54, 1.807) is 47.6 Å². The van der Waals surface area contributed by atoms with Crippen LogP contribution in [0.3, 0.4) is 0 Å². The van der Waals surface area contributed by atoms with Gasteiger partial charge in [-0.1, -0.05) is 13.8 Å². The Labute approximate surface area is 212 Å². The number of morpholine rings is 1. The van der Waals surface area contributed by atoms with E-state index in [-0.39, 0.29) is 11.3 Å². The van der Waals surface area contributed by atoms with Crippen LogP contribution in [-0.2, 0) is 14.3 Å². The van der Waals surface area contributed by atoms with Gasteiger partial charge in [0.05, 0.1) is 31.4 Å². The molecule has 2 fully saturated rings. The number of amides is 1. The third-order valence-electron chi connectivity index (χ3n) is 6.56. The van der Waals surface area contributed by atoms with Crippen molar-refractivity contribution < 1.29 is 24.2 Å². The second-order valence-electron chi connectivity index (χ2n) is 9.77. The van der Waals surface area contributed by atoms with Crippen LogP contribution in [0.1, 0.15) is 43.0 Å². The number of benzene rings is 1. The lowest BCUT2D eigenvalue weighted by atomic mass is 9.95. The van der Waals surface area contributed by atoms with Crippen molar-refractivity contribution >= 4 is 17.4 Å². The maximum Gasteiger partial charge on any atom is 0.295 e. The largest absolute Gasteiger partial charge is 0.507 e. The van der Waals surface area contributed by atoms with E-state index in [2.05, 4.69) is 23.7 Å². The quantitative estimate of drug-likeness (QED) is 0.324. The van der Waals surface area contributed by atoms with Crippen LogP contribution in [0.25, 0.3) is 5.76 Å². The molecule has 2 aliphatic heterocycles. The first-order valence-electron chi connectivity index (χ1n) is 12.6. The second kappa shape index (κ2) is 11.7. The molecule has 2 saturated heterocycles. The first kappa shape index (κ1) is 25.9. The summed E-state index contributed by atoms with van der Waals surface area (Å²) < 4.78 is 11.3. The number of rotatable bonds is 9. The predicted octanol–water partition coefficient (Wildman–Crippen LogP) is 3.57. The molecule has 1 amide bonds. The number of nitrogens with zero attached hydrogens (tertiary/aromatic N) is 3. The van der Waals surface area contributed by atoms with Crippen molar-refractivity contribution in [3.63, 3.8) is 0 Å². The number of hydrogen-bond donors (Lipinski definition) is 1. The molecule has 0 radical (unpaired) electrons. The van der Waals surface area contributed by atoms with Crippen molar-refractivity contribution in [2.45, 2.75) is 33.2 Å². The molecule has 1 aromatic carbocycles. The third kappa shape index (κ3) is 5.77. The molecule has 3 heterocycles. The highest BCUT2D eigenvalue weighted by Crippen LogP contribution is 2.39. The van der Waals surface area contributed by atoms with Gasteiger partial charge in [-0.2, -0.15) is 0 Å². The zero-order valence-corrected chi connectivity index (χ0v) is 21.3. The fraction of sp³-hybridized carbons (Fsp3) is 0.464. The van der Waals surface area contributed by atoms with Crippen molar-refractivity contribution in [2.75, 3.05) is 46.0 Å². The summed E-state index contributed by atoms with van der Waals surface area (Å²) in [6.45, 7) is 11.0. The minimum Gasteiger partial charge on any atom is -0.507 e. The Bertz CT molecular complexity index is 1110. The number of ketones is 1. The molecular weight excluding hydrogens is 458 g/mol. The van der Waals surface area contributed by atoms with E-state index in [1.807, 2.05) is 6.92 Å². The monoisotopic (exact) mass is 493 g/mol. The van der Waals surface area contributed by atoms with Crippen LogP contribution in [0.15, 0.2) is 48.3 Å². The molecular formula is C28H35N3O5. The van der Waals surface area contributed by atoms with Crippen LogP contribution in [0.4, 0.5) is 0 Å². The van der Waals surface area contributed by atoms with Gasteiger partial charge in [-0.25, -0.2) is 0 Å². The molecule has 1 aromatic heterocycles. The summed E-state index contributed by atoms with van der Waals surface area (Å²) in [5.74, 6) is -0.316. The molecule has 2 aromatic rings. The van der Waals surface area contributed by atoms with E-state index >= 15 is 0 Å². The number of ether oxygens (including phenoxy) is 2. The van der Waals surface area contributed by atoms with E-state index in [0.717, 1.165) is 42.9 Å². The number of hydrogen-bond acceptors (Lipinski definition) is 7. The number of aromatic nitrogens is 1. The molecule has 1 N–H and O–H groups in total. The highest BCUT2D eigenvalue weighted by atomic mass is 16.5. The first-order chi connectivity index (χ1) is 17.4. The van der Waals surface area contributed by atoms with Crippen molar-refractivity contribution in [1.82, 2.24) is 14.8 Å². The van der Waals surface area contributed by atoms with E-state index in [1.165, 1.54) is 0 Å². The maximum absolute atomic E-state index is 13.2. The molecule has 2 aliphatic rings. The lowest BCUT2D eigenvalue weighted by Crippen LogP contribution is -2.38. The zero-order valence-electron chi connectivity index (χ0n) is 21.3. The van der Waals surface area contributed by atoms with Crippen molar-refractivity contribution in [3.8, 4) is 5.75 Å². The van der Waals surface area contributed by atoms with Crippen molar-refractivity contribution in [3.05, 3.63) is 65.0 Å². The van der Waals surface area contributed by atoms with Crippen LogP contribution < -0.4 is 4.74 Å². The van der Waals surface area contributed by atoms with Gasteiger partial charge in [-0.05, 0) is 60.7 Å². The number of aliphatic hydroxyl groups excluding tert-OH is 1. The Balaban J connectivity index is 1.63. The van der Waals surface area contributed by atoms with E-state index in [9.17, 15) is 14.7 Å². The highest BCUT2D eigenvalue weighted by molar-refractivity contribution is 6.46. The molecule has 192 valence electrons. The zero-order chi connectivity index (χ0) is 25.7. The average Bonchev–Trinajstić information content (AvgIpc) is 3.13. The summed E-state index contributed by atoms with van der Waals surface area (Å²) >= 11 is 0. The number of aliphatic hydroxyl groups is 1.